The van der Waals surface area contributed by atoms with Crippen LogP contribution in [0.3, 0.4) is 0 Å². The summed E-state index contributed by atoms with van der Waals surface area (Å²) in [6, 6.07) is 0. The van der Waals surface area contributed by atoms with Crippen LogP contribution < -0.4 is 0 Å². The van der Waals surface area contributed by atoms with Crippen molar-refractivity contribution in [3.8, 4) is 0 Å². The average molecular weight is 198 g/mol. The van der Waals surface area contributed by atoms with Gasteiger partial charge in [0.1, 0.15) is 0 Å². The molecule has 2 N–H and O–H groups in total. The summed E-state index contributed by atoms with van der Waals surface area (Å²) >= 11 is 0. The molecule has 0 radical (unpaired) electrons. The van der Waals surface area contributed by atoms with Crippen LogP contribution in [0.1, 0.15) is 0 Å². The molecule has 0 bridgehead atoms. The van der Waals surface area contributed by atoms with Crippen molar-refractivity contribution in [2.75, 3.05) is 13.2 Å². The highest BCUT2D eigenvalue weighted by molar-refractivity contribution is 7.59. The quantitative estimate of drug-likeness (QED) is 0.592. The van der Waals surface area contributed by atoms with Crippen molar-refractivity contribution in [1.82, 2.24) is 0 Å². The van der Waals surface area contributed by atoms with E-state index in [4.69, 9.17) is 10.2 Å². The number of aliphatic hydroxyl groups excluding tert-OH is 2. The summed E-state index contributed by atoms with van der Waals surface area (Å²) < 4.78 is 0. The molecule has 0 saturated heterocycles. The van der Waals surface area contributed by atoms with Gasteiger partial charge in [0.25, 0.3) is 0 Å². The number of aliphatic hydroxyl groups is 2. The molecular weight excluding hydrogens is 184 g/mol. The molecule has 0 aliphatic rings. The Bertz CT molecular complexity index is 14.0. The molecule has 0 aromatic rings. The molecule has 0 aromatic carbocycles. The maximum atomic E-state index is 7.62. The molecule has 0 rings (SSSR count). The Hall–Kier alpha value is 1.32. The molecule has 8 heavy (non-hydrogen) atoms. The van der Waals surface area contributed by atoms with Crippen LogP contribution in [0.4, 0.5) is 0 Å². The smallest absolute Gasteiger partial charge is 0.0662 e. The highest BCUT2D eigenvalue weighted by Gasteiger charge is 1.58. The number of hydrogen-bond acceptors (Lipinski definition) is 2. The lowest BCUT2D eigenvalue weighted by Gasteiger charge is -1.70. The number of hydrogen-bond donors (Lipinski definition) is 2. The molecule has 0 amide bonds. The fourth-order valence-electron chi connectivity index (χ4n) is 0. The molecular formula is C2H14O2S4. The van der Waals surface area contributed by atoms with Crippen molar-refractivity contribution in [3.05, 3.63) is 0 Å². The summed E-state index contributed by atoms with van der Waals surface area (Å²) in [7, 11) is 0. The second-order valence-electron chi connectivity index (χ2n) is 0.447. The van der Waals surface area contributed by atoms with Gasteiger partial charge < -0.3 is 10.2 Å². The van der Waals surface area contributed by atoms with E-state index in [1.165, 1.54) is 0 Å². The Morgan fingerprint density at radius 1 is 0.625 bits per heavy atom. The summed E-state index contributed by atoms with van der Waals surface area (Å²) in [5.74, 6) is 0. The summed E-state index contributed by atoms with van der Waals surface area (Å²) in [4.78, 5) is 0. The Morgan fingerprint density at radius 2 is 0.750 bits per heavy atom. The van der Waals surface area contributed by atoms with E-state index < -0.39 is 0 Å². The molecule has 0 unspecified atom stereocenters. The highest BCUT2D eigenvalue weighted by atomic mass is 32.1. The molecule has 0 aliphatic carbocycles. The van der Waals surface area contributed by atoms with Crippen LogP contribution in [0, 0.1) is 0 Å². The van der Waals surface area contributed by atoms with E-state index in [1.54, 1.807) is 0 Å². The van der Waals surface area contributed by atoms with Crippen LogP contribution in [-0.4, -0.2) is 23.4 Å². The summed E-state index contributed by atoms with van der Waals surface area (Å²) in [6.45, 7) is -0.250. The zero-order chi connectivity index (χ0) is 3.41. The monoisotopic (exact) mass is 198 g/mol. The van der Waals surface area contributed by atoms with E-state index >= 15 is 0 Å². The second kappa shape index (κ2) is 40.4. The first-order valence-corrected chi connectivity index (χ1v) is 1.13. The molecule has 6 heteroatoms. The lowest BCUT2D eigenvalue weighted by molar-refractivity contribution is 0.186. The van der Waals surface area contributed by atoms with Gasteiger partial charge in [0.15, 0.2) is 0 Å². The maximum Gasteiger partial charge on any atom is 0.0662 e. The zero-order valence-electron chi connectivity index (χ0n) is 4.31. The fourth-order valence-corrected chi connectivity index (χ4v) is 0. The lowest BCUT2D eigenvalue weighted by Crippen LogP contribution is -1.85. The Labute approximate surface area is 77.5 Å². The summed E-state index contributed by atoms with van der Waals surface area (Å²) in [6.07, 6.45) is 0. The van der Waals surface area contributed by atoms with Crippen LogP contribution >= 0.6 is 54.0 Å². The Kier molecular flexibility index (Phi) is 175. The van der Waals surface area contributed by atoms with Gasteiger partial charge >= 0.3 is 0 Å². The van der Waals surface area contributed by atoms with Crippen LogP contribution in [0.25, 0.3) is 0 Å². The van der Waals surface area contributed by atoms with Gasteiger partial charge in [-0.3, -0.25) is 0 Å². The van der Waals surface area contributed by atoms with Gasteiger partial charge in [-0.25, -0.2) is 0 Å². The van der Waals surface area contributed by atoms with E-state index in [1.807, 2.05) is 0 Å². The first kappa shape index (κ1) is 34.6. The largest absolute Gasteiger partial charge is 0.394 e. The summed E-state index contributed by atoms with van der Waals surface area (Å²) in [5, 5.41) is 15.2. The van der Waals surface area contributed by atoms with Gasteiger partial charge in [-0.2, -0.15) is 54.0 Å². The average Bonchev–Trinajstić information content (AvgIpc) is 1.37. The number of rotatable bonds is 1. The van der Waals surface area contributed by atoms with E-state index in [0.717, 1.165) is 0 Å². The third kappa shape index (κ3) is 54.3. The van der Waals surface area contributed by atoms with Gasteiger partial charge in [-0.05, 0) is 0 Å². The minimum atomic E-state index is -0.125. The first-order valence-electron chi connectivity index (χ1n) is 1.13. The summed E-state index contributed by atoms with van der Waals surface area (Å²) in [5.41, 5.74) is 0. The maximum absolute atomic E-state index is 7.62. The van der Waals surface area contributed by atoms with E-state index in [9.17, 15) is 0 Å². The molecule has 0 aliphatic heterocycles. The van der Waals surface area contributed by atoms with Crippen molar-refractivity contribution in [1.29, 1.82) is 0 Å². The zero-order valence-corrected chi connectivity index (χ0v) is 8.31. The van der Waals surface area contributed by atoms with E-state index in [0.29, 0.717) is 0 Å². The molecule has 0 spiro atoms. The third-order valence-corrected chi connectivity index (χ3v) is 0.1000. The Balaban J connectivity index is -0.00000000750. The van der Waals surface area contributed by atoms with Crippen molar-refractivity contribution in [2.24, 2.45) is 0 Å². The Morgan fingerprint density at radius 3 is 0.750 bits per heavy atom. The van der Waals surface area contributed by atoms with E-state index in [2.05, 4.69) is 0 Å². The SMILES string of the molecule is OCCO.S.S.S.S. The molecule has 0 saturated carbocycles. The van der Waals surface area contributed by atoms with Crippen LogP contribution in [0.5, 0.6) is 0 Å². The standard InChI is InChI=1S/C2H6O2.4H2S/c3-1-2-4;;;;/h3-4H,1-2H2;4*1H2. The first-order chi connectivity index (χ1) is 1.91. The minimum Gasteiger partial charge on any atom is -0.394 e. The third-order valence-electron chi connectivity index (χ3n) is 0.1000. The predicted octanol–water partition coefficient (Wildman–Crippen LogP) is -0.578. The van der Waals surface area contributed by atoms with Gasteiger partial charge in [0, 0.05) is 0 Å². The van der Waals surface area contributed by atoms with Gasteiger partial charge in [-0.1, -0.05) is 0 Å². The van der Waals surface area contributed by atoms with Gasteiger partial charge in [0.2, 0.25) is 0 Å². The molecule has 58 valence electrons. The fraction of sp³-hybridized carbons (Fsp3) is 1.00. The topological polar surface area (TPSA) is 40.5 Å². The highest BCUT2D eigenvalue weighted by Crippen LogP contribution is 1.39. The van der Waals surface area contributed by atoms with Crippen LogP contribution in [0.2, 0.25) is 0 Å². The van der Waals surface area contributed by atoms with Crippen molar-refractivity contribution in [2.45, 2.75) is 0 Å². The lowest BCUT2D eigenvalue weighted by atomic mass is 10.8. The van der Waals surface area contributed by atoms with Crippen molar-refractivity contribution >= 4 is 54.0 Å². The van der Waals surface area contributed by atoms with Crippen LogP contribution in [-0.2, 0) is 0 Å². The minimum absolute atomic E-state index is 0. The predicted molar refractivity (Wildman–Crippen MR) is 55.7 cm³/mol. The molecule has 0 aromatic heterocycles. The van der Waals surface area contributed by atoms with E-state index in [-0.39, 0.29) is 67.2 Å². The van der Waals surface area contributed by atoms with Crippen LogP contribution in [0.15, 0.2) is 0 Å². The second-order valence-corrected chi connectivity index (χ2v) is 0.447. The van der Waals surface area contributed by atoms with Gasteiger partial charge in [0.05, 0.1) is 13.2 Å². The normalized spacial score (nSPS) is 3.75. The van der Waals surface area contributed by atoms with Gasteiger partial charge in [-0.15, -0.1) is 0 Å². The molecule has 0 atom stereocenters. The van der Waals surface area contributed by atoms with Crippen molar-refractivity contribution < 1.29 is 10.2 Å². The molecule has 0 fully saturated rings. The molecule has 0 heterocycles. The molecule has 2 nitrogen and oxygen atoms in total. The van der Waals surface area contributed by atoms with Crippen molar-refractivity contribution in [3.63, 3.8) is 0 Å².